The van der Waals surface area contributed by atoms with E-state index in [1.165, 1.54) is 5.39 Å². The largest absolute Gasteiger partial charge is 0.458 e. The zero-order valence-corrected chi connectivity index (χ0v) is 17.7. The summed E-state index contributed by atoms with van der Waals surface area (Å²) in [6.07, 6.45) is 5.62. The van der Waals surface area contributed by atoms with Crippen molar-refractivity contribution in [3.05, 3.63) is 71.8 Å². The van der Waals surface area contributed by atoms with E-state index in [0.29, 0.717) is 12.0 Å². The molecular formula is C27H26O4. The van der Waals surface area contributed by atoms with Gasteiger partial charge in [0.05, 0.1) is 12.0 Å². The molecule has 1 aliphatic carbocycles. The third-order valence-corrected chi connectivity index (χ3v) is 6.46. The highest BCUT2D eigenvalue weighted by molar-refractivity contribution is 6.01. The number of rotatable bonds is 6. The molecule has 0 aromatic heterocycles. The summed E-state index contributed by atoms with van der Waals surface area (Å²) in [6, 6.07) is 18.2. The molecule has 0 bridgehead atoms. The van der Waals surface area contributed by atoms with E-state index < -0.39 is 0 Å². The van der Waals surface area contributed by atoms with Crippen molar-refractivity contribution in [2.75, 3.05) is 0 Å². The Hall–Kier alpha value is -3.14. The van der Waals surface area contributed by atoms with Crippen LogP contribution in [0.15, 0.2) is 66.2 Å². The Morgan fingerprint density at radius 2 is 1.77 bits per heavy atom. The molecule has 3 aromatic carbocycles. The predicted molar refractivity (Wildman–Crippen MR) is 121 cm³/mol. The molecule has 1 fully saturated rings. The average Bonchev–Trinajstić information content (AvgIpc) is 3.32. The molecule has 2 aliphatic rings. The fraction of sp³-hybridized carbons (Fsp3) is 0.333. The van der Waals surface area contributed by atoms with Crippen LogP contribution in [0.3, 0.4) is 0 Å². The SMILES string of the molecule is CCCC[C@@H](OC(=O)c1ccc2cc3ccccc3cc2c1)C1=C[C@H]2OC(=O)C[C@H]2C1. The Kier molecular flexibility index (Phi) is 5.23. The molecule has 4 nitrogen and oxygen atoms in total. The predicted octanol–water partition coefficient (Wildman–Crippen LogP) is 5.97. The van der Waals surface area contributed by atoms with Gasteiger partial charge in [-0.15, -0.1) is 0 Å². The van der Waals surface area contributed by atoms with Gasteiger partial charge >= 0.3 is 11.9 Å². The van der Waals surface area contributed by atoms with Crippen molar-refractivity contribution >= 4 is 33.5 Å². The third-order valence-electron chi connectivity index (χ3n) is 6.46. The first kappa shape index (κ1) is 19.8. The Balaban J connectivity index is 1.38. The number of fused-ring (bicyclic) bond motifs is 3. The van der Waals surface area contributed by atoms with Gasteiger partial charge in [0.1, 0.15) is 12.2 Å². The lowest BCUT2D eigenvalue weighted by atomic mass is 9.97. The second kappa shape index (κ2) is 8.18. The second-order valence-electron chi connectivity index (χ2n) is 8.66. The molecule has 3 atom stereocenters. The van der Waals surface area contributed by atoms with Crippen molar-refractivity contribution in [3.63, 3.8) is 0 Å². The molecule has 0 N–H and O–H groups in total. The van der Waals surface area contributed by atoms with Crippen LogP contribution in [0.4, 0.5) is 0 Å². The van der Waals surface area contributed by atoms with Gasteiger partial charge in [-0.25, -0.2) is 4.79 Å². The van der Waals surface area contributed by atoms with Gasteiger partial charge in [-0.2, -0.15) is 0 Å². The van der Waals surface area contributed by atoms with Gasteiger partial charge in [0.15, 0.2) is 0 Å². The van der Waals surface area contributed by atoms with Crippen LogP contribution < -0.4 is 0 Å². The van der Waals surface area contributed by atoms with Crippen LogP contribution in [-0.2, 0) is 14.3 Å². The summed E-state index contributed by atoms with van der Waals surface area (Å²) in [7, 11) is 0. The maximum absolute atomic E-state index is 13.0. The monoisotopic (exact) mass is 414 g/mol. The molecular weight excluding hydrogens is 388 g/mol. The van der Waals surface area contributed by atoms with Gasteiger partial charge in [0, 0.05) is 5.92 Å². The van der Waals surface area contributed by atoms with Gasteiger partial charge in [-0.1, -0.05) is 43.7 Å². The van der Waals surface area contributed by atoms with Crippen molar-refractivity contribution in [2.45, 2.75) is 51.2 Å². The molecule has 1 aliphatic heterocycles. The lowest BCUT2D eigenvalue weighted by Gasteiger charge is -2.20. The van der Waals surface area contributed by atoms with Crippen LogP contribution in [0.2, 0.25) is 0 Å². The summed E-state index contributed by atoms with van der Waals surface area (Å²) >= 11 is 0. The van der Waals surface area contributed by atoms with Crippen molar-refractivity contribution in [2.24, 2.45) is 5.92 Å². The molecule has 1 heterocycles. The minimum absolute atomic E-state index is 0.129. The summed E-state index contributed by atoms with van der Waals surface area (Å²) in [6.45, 7) is 2.13. The van der Waals surface area contributed by atoms with Gasteiger partial charge in [0.2, 0.25) is 0 Å². The normalized spacial score (nSPS) is 21.1. The molecule has 3 aromatic rings. The van der Waals surface area contributed by atoms with Gasteiger partial charge in [0.25, 0.3) is 0 Å². The second-order valence-corrected chi connectivity index (χ2v) is 8.66. The fourth-order valence-electron chi connectivity index (χ4n) is 4.78. The number of hydrogen-bond acceptors (Lipinski definition) is 4. The van der Waals surface area contributed by atoms with E-state index in [4.69, 9.17) is 9.47 Å². The maximum Gasteiger partial charge on any atom is 0.338 e. The van der Waals surface area contributed by atoms with E-state index in [-0.39, 0.29) is 30.1 Å². The molecule has 5 rings (SSSR count). The highest BCUT2D eigenvalue weighted by atomic mass is 16.6. The first-order valence-electron chi connectivity index (χ1n) is 11.1. The number of carbonyl (C=O) groups is 2. The van der Waals surface area contributed by atoms with Crippen LogP contribution in [0, 0.1) is 5.92 Å². The molecule has 0 amide bonds. The number of hydrogen-bond donors (Lipinski definition) is 0. The van der Waals surface area contributed by atoms with Crippen molar-refractivity contribution in [3.8, 4) is 0 Å². The lowest BCUT2D eigenvalue weighted by molar-refractivity contribution is -0.140. The number of unbranched alkanes of at least 4 members (excludes halogenated alkanes) is 1. The zero-order valence-electron chi connectivity index (χ0n) is 17.7. The van der Waals surface area contributed by atoms with E-state index in [9.17, 15) is 9.59 Å². The van der Waals surface area contributed by atoms with Crippen molar-refractivity contribution in [1.82, 2.24) is 0 Å². The third kappa shape index (κ3) is 3.95. The standard InChI is InChI=1S/C27H26O4/c1-2-3-8-24(22-14-23-16-26(28)30-25(23)15-22)31-27(29)20-10-9-19-11-17-6-4-5-7-18(17)12-21(19)13-20/h4-7,9-13,15,23-25H,2-3,8,14,16H2,1H3/t23-,24-,25-/m1/s1. The molecule has 0 saturated carbocycles. The van der Waals surface area contributed by atoms with Crippen LogP contribution >= 0.6 is 0 Å². The van der Waals surface area contributed by atoms with Crippen molar-refractivity contribution < 1.29 is 19.1 Å². The molecule has 4 heteroatoms. The Bertz CT molecular complexity index is 1190. The summed E-state index contributed by atoms with van der Waals surface area (Å²) < 4.78 is 11.4. The van der Waals surface area contributed by atoms with Gasteiger partial charge < -0.3 is 9.47 Å². The first-order chi connectivity index (χ1) is 15.1. The van der Waals surface area contributed by atoms with Gasteiger partial charge in [-0.3, -0.25) is 4.79 Å². The highest BCUT2D eigenvalue weighted by Gasteiger charge is 2.40. The Morgan fingerprint density at radius 3 is 2.52 bits per heavy atom. The van der Waals surface area contributed by atoms with E-state index >= 15 is 0 Å². The van der Waals surface area contributed by atoms with Crippen LogP contribution in [0.5, 0.6) is 0 Å². The van der Waals surface area contributed by atoms with E-state index in [1.54, 1.807) is 0 Å². The number of carbonyl (C=O) groups excluding carboxylic acids is 2. The number of benzene rings is 3. The highest BCUT2D eigenvalue weighted by Crippen LogP contribution is 2.38. The van der Waals surface area contributed by atoms with E-state index in [1.807, 2.05) is 36.4 Å². The summed E-state index contributed by atoms with van der Waals surface area (Å²) in [5.74, 6) is -0.235. The molecule has 158 valence electrons. The summed E-state index contributed by atoms with van der Waals surface area (Å²) in [4.78, 5) is 24.6. The minimum Gasteiger partial charge on any atom is -0.458 e. The number of esters is 2. The maximum atomic E-state index is 13.0. The fourth-order valence-corrected chi connectivity index (χ4v) is 4.78. The average molecular weight is 415 g/mol. The minimum atomic E-state index is -0.300. The Labute approximate surface area is 181 Å². The lowest BCUT2D eigenvalue weighted by Crippen LogP contribution is -2.21. The molecule has 0 unspecified atom stereocenters. The molecule has 1 saturated heterocycles. The molecule has 0 radical (unpaired) electrons. The summed E-state index contributed by atoms with van der Waals surface area (Å²) in [5, 5.41) is 4.47. The quantitative estimate of drug-likeness (QED) is 0.283. The first-order valence-corrected chi connectivity index (χ1v) is 11.1. The zero-order chi connectivity index (χ0) is 21.4. The van der Waals surface area contributed by atoms with Crippen molar-refractivity contribution in [1.29, 1.82) is 0 Å². The van der Waals surface area contributed by atoms with Crippen LogP contribution in [0.25, 0.3) is 21.5 Å². The van der Waals surface area contributed by atoms with E-state index in [0.717, 1.165) is 47.4 Å². The molecule has 31 heavy (non-hydrogen) atoms. The van der Waals surface area contributed by atoms with Crippen LogP contribution in [-0.4, -0.2) is 24.1 Å². The molecule has 0 spiro atoms. The van der Waals surface area contributed by atoms with Crippen LogP contribution in [0.1, 0.15) is 49.4 Å². The summed E-state index contributed by atoms with van der Waals surface area (Å²) in [5.41, 5.74) is 1.66. The Morgan fingerprint density at radius 1 is 1.03 bits per heavy atom. The topological polar surface area (TPSA) is 52.6 Å². The van der Waals surface area contributed by atoms with E-state index in [2.05, 4.69) is 31.2 Å². The van der Waals surface area contributed by atoms with Gasteiger partial charge in [-0.05, 0) is 76.7 Å². The number of ether oxygens (including phenoxy) is 2. The smallest absolute Gasteiger partial charge is 0.338 e.